The predicted molar refractivity (Wildman–Crippen MR) is 67.4 cm³/mol. The molecule has 0 aliphatic carbocycles. The number of allylic oxidation sites excluding steroid dienone is 1. The zero-order valence-electron chi connectivity index (χ0n) is 11.5. The van der Waals surface area contributed by atoms with Gasteiger partial charge >= 0.3 is 29.6 Å². The second-order valence-corrected chi connectivity index (χ2v) is 3.80. The predicted octanol–water partition coefficient (Wildman–Crippen LogP) is -2.88. The van der Waals surface area contributed by atoms with Crippen LogP contribution < -0.4 is 40.0 Å². The van der Waals surface area contributed by atoms with E-state index in [-0.39, 0.29) is 36.0 Å². The summed E-state index contributed by atoms with van der Waals surface area (Å²) in [6.07, 6.45) is 0.314. The van der Waals surface area contributed by atoms with Crippen molar-refractivity contribution in [2.45, 2.75) is 12.6 Å². The molecular weight excluding hydrogens is 269 g/mol. The third-order valence-corrected chi connectivity index (χ3v) is 2.46. The van der Waals surface area contributed by atoms with Crippen molar-refractivity contribution in [3.05, 3.63) is 53.7 Å². The number of rotatable bonds is 7. The molecule has 0 fully saturated rings. The summed E-state index contributed by atoms with van der Waals surface area (Å²) in [6.45, 7) is 3.61. The molecular formula is C14H14NNaO4. The SMILES string of the molecule is C=C(C=C=O)NC(OC)c1ccccc1CC(=O)[O-].[Na+]. The number of nitrogens with one attached hydrogen (secondary N) is 1. The molecule has 1 atom stereocenters. The van der Waals surface area contributed by atoms with Gasteiger partial charge in [-0.05, 0) is 5.56 Å². The summed E-state index contributed by atoms with van der Waals surface area (Å²) in [5, 5.41) is 13.6. The van der Waals surface area contributed by atoms with E-state index in [2.05, 4.69) is 11.9 Å². The van der Waals surface area contributed by atoms with E-state index in [1.807, 2.05) is 0 Å². The van der Waals surface area contributed by atoms with Gasteiger partial charge in [-0.3, -0.25) is 0 Å². The van der Waals surface area contributed by atoms with Crippen LogP contribution in [0.15, 0.2) is 42.6 Å². The Morgan fingerprint density at radius 1 is 1.55 bits per heavy atom. The third kappa shape index (κ3) is 5.74. The fraction of sp³-hybridized carbons (Fsp3) is 0.214. The number of carboxylic acids is 1. The molecule has 5 nitrogen and oxygen atoms in total. The second-order valence-electron chi connectivity index (χ2n) is 3.80. The molecule has 1 aromatic rings. The fourth-order valence-electron chi connectivity index (χ4n) is 1.65. The Hall–Kier alpha value is -1.36. The fourth-order valence-corrected chi connectivity index (χ4v) is 1.65. The summed E-state index contributed by atoms with van der Waals surface area (Å²) < 4.78 is 5.24. The van der Waals surface area contributed by atoms with E-state index in [0.29, 0.717) is 16.8 Å². The van der Waals surface area contributed by atoms with Crippen LogP contribution in [-0.4, -0.2) is 19.0 Å². The average molecular weight is 283 g/mol. The van der Waals surface area contributed by atoms with Gasteiger partial charge in [0.05, 0.1) is 0 Å². The molecule has 1 aromatic carbocycles. The summed E-state index contributed by atoms with van der Waals surface area (Å²) in [5.41, 5.74) is 1.55. The van der Waals surface area contributed by atoms with Crippen LogP contribution in [0.5, 0.6) is 0 Å². The quantitative estimate of drug-likeness (QED) is 0.252. The van der Waals surface area contributed by atoms with Gasteiger partial charge < -0.3 is 20.0 Å². The van der Waals surface area contributed by atoms with Crippen LogP contribution in [0.4, 0.5) is 0 Å². The minimum atomic E-state index is -1.17. The largest absolute Gasteiger partial charge is 1.00 e. The Balaban J connectivity index is 0.00000361. The first-order valence-corrected chi connectivity index (χ1v) is 5.55. The number of aliphatic carboxylic acids is 1. The summed E-state index contributed by atoms with van der Waals surface area (Å²) in [4.78, 5) is 20.9. The van der Waals surface area contributed by atoms with E-state index in [1.54, 1.807) is 30.2 Å². The molecule has 1 unspecified atom stereocenters. The van der Waals surface area contributed by atoms with Crippen molar-refractivity contribution in [1.82, 2.24) is 5.32 Å². The minimum Gasteiger partial charge on any atom is -0.550 e. The van der Waals surface area contributed by atoms with Gasteiger partial charge in [0.2, 0.25) is 0 Å². The summed E-state index contributed by atoms with van der Waals surface area (Å²) >= 11 is 0. The van der Waals surface area contributed by atoms with E-state index in [1.165, 1.54) is 7.11 Å². The van der Waals surface area contributed by atoms with Gasteiger partial charge in [-0.1, -0.05) is 30.8 Å². The van der Waals surface area contributed by atoms with Crippen LogP contribution in [0.3, 0.4) is 0 Å². The molecule has 1 rings (SSSR count). The van der Waals surface area contributed by atoms with Gasteiger partial charge in [-0.25, -0.2) is 4.79 Å². The van der Waals surface area contributed by atoms with Crippen LogP contribution in [0.1, 0.15) is 17.4 Å². The zero-order valence-corrected chi connectivity index (χ0v) is 13.5. The number of benzene rings is 1. The third-order valence-electron chi connectivity index (χ3n) is 2.46. The summed E-state index contributed by atoms with van der Waals surface area (Å²) in [5.74, 6) is 0.426. The Morgan fingerprint density at radius 2 is 2.20 bits per heavy atom. The van der Waals surface area contributed by atoms with E-state index in [0.717, 1.165) is 6.08 Å². The van der Waals surface area contributed by atoms with Crippen molar-refractivity contribution < 1.29 is 49.0 Å². The summed E-state index contributed by atoms with van der Waals surface area (Å²) in [6, 6.07) is 6.91. The van der Waals surface area contributed by atoms with Crippen LogP contribution in [0.2, 0.25) is 0 Å². The van der Waals surface area contributed by atoms with Gasteiger partial charge in [-0.15, -0.1) is 0 Å². The van der Waals surface area contributed by atoms with Crippen molar-refractivity contribution in [1.29, 1.82) is 0 Å². The molecule has 100 valence electrons. The van der Waals surface area contributed by atoms with Gasteiger partial charge in [0.25, 0.3) is 0 Å². The Morgan fingerprint density at radius 3 is 2.75 bits per heavy atom. The molecule has 6 heteroatoms. The monoisotopic (exact) mass is 283 g/mol. The van der Waals surface area contributed by atoms with E-state index in [9.17, 15) is 14.7 Å². The maximum atomic E-state index is 10.7. The molecule has 0 aromatic heterocycles. The topological polar surface area (TPSA) is 78.5 Å². The maximum Gasteiger partial charge on any atom is 1.00 e. The van der Waals surface area contributed by atoms with Crippen molar-refractivity contribution in [2.24, 2.45) is 0 Å². The van der Waals surface area contributed by atoms with E-state index in [4.69, 9.17) is 4.74 Å². The smallest absolute Gasteiger partial charge is 0.550 e. The molecule has 0 saturated carbocycles. The Bertz CT molecular complexity index is 524. The van der Waals surface area contributed by atoms with Crippen LogP contribution in [-0.2, 0) is 20.7 Å². The van der Waals surface area contributed by atoms with Gasteiger partial charge in [-0.2, -0.15) is 0 Å². The average Bonchev–Trinajstić information content (AvgIpc) is 2.36. The first kappa shape index (κ1) is 18.6. The normalized spacial score (nSPS) is 10.7. The number of ether oxygens (including phenoxy) is 1. The van der Waals surface area contributed by atoms with Gasteiger partial charge in [0.1, 0.15) is 5.94 Å². The molecule has 0 saturated heterocycles. The first-order chi connectivity index (χ1) is 9.08. The van der Waals surface area contributed by atoms with Gasteiger partial charge in [0, 0.05) is 36.8 Å². The minimum absolute atomic E-state index is 0. The van der Waals surface area contributed by atoms with Crippen molar-refractivity contribution >= 4 is 11.9 Å². The molecule has 0 heterocycles. The molecule has 0 radical (unpaired) electrons. The van der Waals surface area contributed by atoms with Crippen LogP contribution >= 0.6 is 0 Å². The van der Waals surface area contributed by atoms with E-state index >= 15 is 0 Å². The molecule has 0 aliphatic rings. The first-order valence-electron chi connectivity index (χ1n) is 5.55. The molecule has 0 spiro atoms. The van der Waals surface area contributed by atoms with Crippen LogP contribution in [0, 0.1) is 0 Å². The standard InChI is InChI=1S/C14H15NO4.Na/c1-10(7-8-16)15-14(19-2)12-6-4-3-5-11(12)9-13(17)18;/h3-7,14-15H,1,9H2,2H3,(H,17,18);/q;+1/p-1. The molecule has 1 N–H and O–H groups in total. The van der Waals surface area contributed by atoms with Crippen molar-refractivity contribution in [3.63, 3.8) is 0 Å². The van der Waals surface area contributed by atoms with E-state index < -0.39 is 12.2 Å². The zero-order chi connectivity index (χ0) is 14.3. The number of methoxy groups -OCH3 is 1. The van der Waals surface area contributed by atoms with Crippen molar-refractivity contribution in [3.8, 4) is 0 Å². The number of hydrogen-bond acceptors (Lipinski definition) is 5. The molecule has 0 amide bonds. The molecule has 20 heavy (non-hydrogen) atoms. The number of carbonyl (C=O) groups is 1. The second kappa shape index (κ2) is 9.53. The number of hydrogen-bond donors (Lipinski definition) is 1. The Labute approximate surface area is 139 Å². The number of carbonyl (C=O) groups excluding carboxylic acids is 2. The van der Waals surface area contributed by atoms with Crippen molar-refractivity contribution in [2.75, 3.05) is 7.11 Å². The molecule has 0 bridgehead atoms. The Kier molecular flexibility index (Phi) is 8.88. The van der Waals surface area contributed by atoms with Crippen LogP contribution in [0.25, 0.3) is 0 Å². The van der Waals surface area contributed by atoms with Gasteiger partial charge in [0.15, 0.2) is 6.23 Å². The number of carboxylic acid groups (broad SMARTS) is 1. The summed E-state index contributed by atoms with van der Waals surface area (Å²) in [7, 11) is 1.46. The molecule has 0 aliphatic heterocycles. The maximum absolute atomic E-state index is 10.7.